The summed E-state index contributed by atoms with van der Waals surface area (Å²) in [5.74, 6) is 1.32. The van der Waals surface area contributed by atoms with Crippen molar-refractivity contribution >= 4 is 11.8 Å². The van der Waals surface area contributed by atoms with E-state index < -0.39 is 6.10 Å². The third-order valence-electron chi connectivity index (χ3n) is 5.10. The summed E-state index contributed by atoms with van der Waals surface area (Å²) in [5.41, 5.74) is 1.11. The standard InChI is InChI=1S/C22H34N2O3/c1-5-6-12-21(25)23-13-9-14-24(16-15-23)22(26)18(4)27-20-11-8-7-10-19(20)17(2)3/h7-8,10-11,17-18H,5-6,9,12-16H2,1-4H3. The van der Waals surface area contributed by atoms with Gasteiger partial charge in [0.25, 0.3) is 5.91 Å². The molecular weight excluding hydrogens is 340 g/mol. The Hall–Kier alpha value is -2.04. The van der Waals surface area contributed by atoms with E-state index >= 15 is 0 Å². The first-order valence-corrected chi connectivity index (χ1v) is 10.3. The van der Waals surface area contributed by atoms with E-state index in [1.165, 1.54) is 0 Å². The van der Waals surface area contributed by atoms with Gasteiger partial charge in [0.2, 0.25) is 5.91 Å². The number of rotatable bonds is 7. The Balaban J connectivity index is 1.94. The summed E-state index contributed by atoms with van der Waals surface area (Å²) in [6.07, 6.45) is 2.84. The summed E-state index contributed by atoms with van der Waals surface area (Å²) >= 11 is 0. The van der Waals surface area contributed by atoms with Crippen LogP contribution in [0, 0.1) is 0 Å². The molecule has 1 aliphatic heterocycles. The number of nitrogens with zero attached hydrogens (tertiary/aromatic N) is 2. The molecule has 2 amide bonds. The molecule has 1 saturated heterocycles. The highest BCUT2D eigenvalue weighted by Gasteiger charge is 2.26. The molecule has 0 aromatic heterocycles. The Kier molecular flexibility index (Phi) is 8.14. The molecule has 1 unspecified atom stereocenters. The van der Waals surface area contributed by atoms with E-state index in [1.807, 2.05) is 41.0 Å². The van der Waals surface area contributed by atoms with Gasteiger partial charge in [-0.1, -0.05) is 45.4 Å². The quantitative estimate of drug-likeness (QED) is 0.729. The second-order valence-electron chi connectivity index (χ2n) is 7.62. The van der Waals surface area contributed by atoms with Gasteiger partial charge in [-0.2, -0.15) is 0 Å². The second-order valence-corrected chi connectivity index (χ2v) is 7.62. The molecule has 0 aliphatic carbocycles. The van der Waals surface area contributed by atoms with Gasteiger partial charge in [-0.15, -0.1) is 0 Å². The van der Waals surface area contributed by atoms with Gasteiger partial charge >= 0.3 is 0 Å². The summed E-state index contributed by atoms with van der Waals surface area (Å²) in [5, 5.41) is 0. The van der Waals surface area contributed by atoms with E-state index in [9.17, 15) is 9.59 Å². The van der Waals surface area contributed by atoms with Gasteiger partial charge in [-0.05, 0) is 37.3 Å². The van der Waals surface area contributed by atoms with Crippen molar-refractivity contribution in [3.63, 3.8) is 0 Å². The molecule has 5 heteroatoms. The average Bonchev–Trinajstić information content (AvgIpc) is 2.92. The van der Waals surface area contributed by atoms with Gasteiger partial charge in [0, 0.05) is 32.6 Å². The lowest BCUT2D eigenvalue weighted by atomic mass is 10.0. The number of carbonyl (C=O) groups excluding carboxylic acids is 2. The lowest BCUT2D eigenvalue weighted by Crippen LogP contribution is -2.43. The summed E-state index contributed by atoms with van der Waals surface area (Å²) in [4.78, 5) is 28.9. The van der Waals surface area contributed by atoms with Crippen LogP contribution in [0.5, 0.6) is 5.75 Å². The minimum Gasteiger partial charge on any atom is -0.481 e. The molecule has 1 fully saturated rings. The van der Waals surface area contributed by atoms with Crippen LogP contribution < -0.4 is 4.74 Å². The van der Waals surface area contributed by atoms with Crippen molar-refractivity contribution in [3.8, 4) is 5.75 Å². The fourth-order valence-electron chi connectivity index (χ4n) is 3.44. The number of hydrogen-bond donors (Lipinski definition) is 0. The number of carbonyl (C=O) groups is 2. The highest BCUT2D eigenvalue weighted by Crippen LogP contribution is 2.27. The van der Waals surface area contributed by atoms with E-state index in [-0.39, 0.29) is 11.8 Å². The van der Waals surface area contributed by atoms with Crippen molar-refractivity contribution < 1.29 is 14.3 Å². The van der Waals surface area contributed by atoms with E-state index in [0.717, 1.165) is 37.1 Å². The van der Waals surface area contributed by atoms with Crippen LogP contribution in [0.1, 0.15) is 64.9 Å². The lowest BCUT2D eigenvalue weighted by molar-refractivity contribution is -0.138. The van der Waals surface area contributed by atoms with Crippen LogP contribution >= 0.6 is 0 Å². The molecule has 1 atom stereocenters. The maximum atomic E-state index is 12.9. The zero-order valence-electron chi connectivity index (χ0n) is 17.2. The molecule has 150 valence electrons. The predicted molar refractivity (Wildman–Crippen MR) is 108 cm³/mol. The van der Waals surface area contributed by atoms with Gasteiger partial charge in [0.1, 0.15) is 5.75 Å². The number of amides is 2. The SMILES string of the molecule is CCCCC(=O)N1CCCN(C(=O)C(C)Oc2ccccc2C(C)C)CC1. The predicted octanol–water partition coefficient (Wildman–Crippen LogP) is 3.83. The largest absolute Gasteiger partial charge is 0.481 e. The molecule has 2 rings (SSSR count). The molecule has 0 spiro atoms. The first kappa shape index (κ1) is 21.3. The molecule has 27 heavy (non-hydrogen) atoms. The number of hydrogen-bond acceptors (Lipinski definition) is 3. The lowest BCUT2D eigenvalue weighted by Gasteiger charge is -2.26. The molecule has 1 aromatic carbocycles. The van der Waals surface area contributed by atoms with Crippen molar-refractivity contribution in [1.29, 1.82) is 0 Å². The van der Waals surface area contributed by atoms with Gasteiger partial charge in [0.15, 0.2) is 6.10 Å². The molecule has 1 aromatic rings. The van der Waals surface area contributed by atoms with Gasteiger partial charge in [0.05, 0.1) is 0 Å². The van der Waals surface area contributed by atoms with Crippen LogP contribution in [0.25, 0.3) is 0 Å². The van der Waals surface area contributed by atoms with Crippen molar-refractivity contribution in [3.05, 3.63) is 29.8 Å². The minimum atomic E-state index is -0.535. The molecule has 0 radical (unpaired) electrons. The Morgan fingerprint density at radius 2 is 1.70 bits per heavy atom. The Labute approximate surface area is 163 Å². The van der Waals surface area contributed by atoms with Crippen LogP contribution in [-0.4, -0.2) is 53.9 Å². The third-order valence-corrected chi connectivity index (χ3v) is 5.10. The highest BCUT2D eigenvalue weighted by atomic mass is 16.5. The minimum absolute atomic E-state index is 0.00332. The number of benzene rings is 1. The van der Waals surface area contributed by atoms with E-state index in [1.54, 1.807) is 0 Å². The molecular formula is C22H34N2O3. The summed E-state index contributed by atoms with van der Waals surface area (Å²) in [7, 11) is 0. The van der Waals surface area contributed by atoms with Crippen LogP contribution in [0.3, 0.4) is 0 Å². The molecule has 1 heterocycles. The Morgan fingerprint density at radius 3 is 2.41 bits per heavy atom. The highest BCUT2D eigenvalue weighted by molar-refractivity contribution is 5.81. The summed E-state index contributed by atoms with van der Waals surface area (Å²) in [6.45, 7) is 10.7. The average molecular weight is 375 g/mol. The Morgan fingerprint density at radius 1 is 1.04 bits per heavy atom. The molecule has 1 aliphatic rings. The topological polar surface area (TPSA) is 49.9 Å². The van der Waals surface area contributed by atoms with Crippen molar-refractivity contribution in [1.82, 2.24) is 9.80 Å². The fraction of sp³-hybridized carbons (Fsp3) is 0.636. The van der Waals surface area contributed by atoms with E-state index in [4.69, 9.17) is 4.74 Å². The number of para-hydroxylation sites is 1. The second kappa shape index (κ2) is 10.3. The monoisotopic (exact) mass is 374 g/mol. The smallest absolute Gasteiger partial charge is 0.263 e. The fourth-order valence-corrected chi connectivity index (χ4v) is 3.44. The van der Waals surface area contributed by atoms with Crippen molar-refractivity contribution in [2.75, 3.05) is 26.2 Å². The zero-order chi connectivity index (χ0) is 19.8. The first-order valence-electron chi connectivity index (χ1n) is 10.3. The van der Waals surface area contributed by atoms with Crippen LogP contribution in [0.2, 0.25) is 0 Å². The molecule has 5 nitrogen and oxygen atoms in total. The number of ether oxygens (including phenoxy) is 1. The van der Waals surface area contributed by atoms with Crippen molar-refractivity contribution in [2.45, 2.75) is 65.4 Å². The third kappa shape index (κ3) is 5.98. The maximum Gasteiger partial charge on any atom is 0.263 e. The summed E-state index contributed by atoms with van der Waals surface area (Å²) in [6, 6.07) is 7.90. The molecule has 0 saturated carbocycles. The van der Waals surface area contributed by atoms with Crippen LogP contribution in [-0.2, 0) is 9.59 Å². The summed E-state index contributed by atoms with van der Waals surface area (Å²) < 4.78 is 6.02. The molecule has 0 N–H and O–H groups in total. The van der Waals surface area contributed by atoms with Crippen LogP contribution in [0.4, 0.5) is 0 Å². The maximum absolute atomic E-state index is 12.9. The van der Waals surface area contributed by atoms with E-state index in [0.29, 0.717) is 32.0 Å². The normalized spacial score (nSPS) is 16.2. The van der Waals surface area contributed by atoms with E-state index in [2.05, 4.69) is 20.8 Å². The zero-order valence-corrected chi connectivity index (χ0v) is 17.2. The van der Waals surface area contributed by atoms with Gasteiger partial charge in [-0.25, -0.2) is 0 Å². The Bertz CT molecular complexity index is 630. The van der Waals surface area contributed by atoms with Crippen molar-refractivity contribution in [2.24, 2.45) is 0 Å². The van der Waals surface area contributed by atoms with Gasteiger partial charge in [-0.3, -0.25) is 9.59 Å². The van der Waals surface area contributed by atoms with Crippen LogP contribution in [0.15, 0.2) is 24.3 Å². The van der Waals surface area contributed by atoms with Gasteiger partial charge < -0.3 is 14.5 Å². The molecule has 0 bridgehead atoms. The first-order chi connectivity index (χ1) is 12.9. The number of unbranched alkanes of at least 4 members (excludes halogenated alkanes) is 1.